The molecule has 0 aliphatic rings. The van der Waals surface area contributed by atoms with Gasteiger partial charge in [-0.1, -0.05) is 164 Å². The number of ether oxygens (including phenoxy) is 3. The molecule has 0 bridgehead atoms. The van der Waals surface area contributed by atoms with Crippen molar-refractivity contribution in [3.8, 4) is 0 Å². The molecule has 0 radical (unpaired) electrons. The molecule has 0 heterocycles. The lowest BCUT2D eigenvalue weighted by Gasteiger charge is -2.34. The number of nitrogens with zero attached hydrogens (tertiary/aromatic N) is 1. The maximum Gasteiger partial charge on any atom is 0.306 e. The molecule has 0 aromatic carbocycles. The molecule has 8 nitrogen and oxygen atoms in total. The Hall–Kier alpha value is -3.23. The van der Waals surface area contributed by atoms with Crippen molar-refractivity contribution in [1.82, 2.24) is 0 Å². The Morgan fingerprint density at radius 3 is 1.53 bits per heavy atom. The number of esters is 2. The van der Waals surface area contributed by atoms with Crippen LogP contribution in [0.15, 0.2) is 72.9 Å². The van der Waals surface area contributed by atoms with Gasteiger partial charge < -0.3 is 28.6 Å². The van der Waals surface area contributed by atoms with Crippen LogP contribution in [0, 0.1) is 0 Å². The predicted octanol–water partition coefficient (Wildman–Crippen LogP) is 11.4. The van der Waals surface area contributed by atoms with Gasteiger partial charge in [-0.3, -0.25) is 9.59 Å². The summed E-state index contributed by atoms with van der Waals surface area (Å²) >= 11 is 0. The van der Waals surface area contributed by atoms with Gasteiger partial charge in [0.25, 0.3) is 0 Å². The minimum Gasteiger partial charge on any atom is -0.544 e. The number of allylic oxidation sites excluding steroid dienone is 12. The molecular formula is C50H85NO7. The molecule has 2 atom stereocenters. The summed E-state index contributed by atoms with van der Waals surface area (Å²) in [7, 11) is 5.39. The molecule has 332 valence electrons. The van der Waals surface area contributed by atoms with Crippen molar-refractivity contribution in [2.75, 3.05) is 41.0 Å². The molecule has 0 aromatic rings. The Labute approximate surface area is 355 Å². The fraction of sp³-hybridized carbons (Fsp3) is 0.700. The van der Waals surface area contributed by atoms with E-state index in [1.807, 2.05) is 12.2 Å². The Morgan fingerprint density at radius 2 is 1.00 bits per heavy atom. The summed E-state index contributed by atoms with van der Waals surface area (Å²) in [4.78, 5) is 36.9. The SMILES string of the molecule is CC/C=C/C=C/C=C/CCCCCCCC(=O)OC(COCCC(C(=O)[O-])[N+](C)(C)C)COC(=O)CCCCCCCCCCCCC/C=C/C/C=C/C/C=C/CC. The van der Waals surface area contributed by atoms with Crippen LogP contribution in [-0.2, 0) is 28.6 Å². The number of quaternary nitrogens is 1. The van der Waals surface area contributed by atoms with Gasteiger partial charge >= 0.3 is 11.9 Å². The van der Waals surface area contributed by atoms with Gasteiger partial charge in [-0.15, -0.1) is 0 Å². The zero-order chi connectivity index (χ0) is 42.8. The van der Waals surface area contributed by atoms with E-state index in [1.165, 1.54) is 57.8 Å². The smallest absolute Gasteiger partial charge is 0.306 e. The van der Waals surface area contributed by atoms with Gasteiger partial charge in [0, 0.05) is 19.3 Å². The highest BCUT2D eigenvalue weighted by Crippen LogP contribution is 2.14. The lowest BCUT2D eigenvalue weighted by Crippen LogP contribution is -2.55. The fourth-order valence-corrected chi connectivity index (χ4v) is 6.38. The van der Waals surface area contributed by atoms with Crippen molar-refractivity contribution < 1.29 is 38.2 Å². The summed E-state index contributed by atoms with van der Waals surface area (Å²) < 4.78 is 17.2. The average Bonchev–Trinajstić information content (AvgIpc) is 3.18. The van der Waals surface area contributed by atoms with Crippen LogP contribution >= 0.6 is 0 Å². The van der Waals surface area contributed by atoms with Crippen LogP contribution in [0.5, 0.6) is 0 Å². The largest absolute Gasteiger partial charge is 0.544 e. The summed E-state index contributed by atoms with van der Waals surface area (Å²) in [6.45, 7) is 4.39. The second-order valence-electron chi connectivity index (χ2n) is 16.3. The summed E-state index contributed by atoms with van der Waals surface area (Å²) in [6.07, 6.45) is 50.7. The van der Waals surface area contributed by atoms with Gasteiger partial charge in [-0.05, 0) is 64.2 Å². The zero-order valence-electron chi connectivity index (χ0n) is 37.7. The first-order chi connectivity index (χ1) is 28.1. The van der Waals surface area contributed by atoms with Crippen molar-refractivity contribution >= 4 is 17.9 Å². The molecule has 0 fully saturated rings. The van der Waals surface area contributed by atoms with Gasteiger partial charge in [-0.25, -0.2) is 0 Å². The Kier molecular flexibility index (Phi) is 38.3. The number of rotatable bonds is 40. The highest BCUT2D eigenvalue weighted by Gasteiger charge is 2.25. The minimum atomic E-state index is -1.13. The van der Waals surface area contributed by atoms with E-state index in [4.69, 9.17) is 14.2 Å². The third-order valence-electron chi connectivity index (χ3n) is 9.90. The van der Waals surface area contributed by atoms with Gasteiger partial charge in [0.15, 0.2) is 6.10 Å². The van der Waals surface area contributed by atoms with E-state index in [-0.39, 0.29) is 42.7 Å². The van der Waals surface area contributed by atoms with Gasteiger partial charge in [-0.2, -0.15) is 0 Å². The predicted molar refractivity (Wildman–Crippen MR) is 240 cm³/mol. The highest BCUT2D eigenvalue weighted by atomic mass is 16.6. The quantitative estimate of drug-likeness (QED) is 0.0200. The van der Waals surface area contributed by atoms with Crippen molar-refractivity contribution in [3.05, 3.63) is 72.9 Å². The van der Waals surface area contributed by atoms with Crippen molar-refractivity contribution in [3.63, 3.8) is 0 Å². The second-order valence-corrected chi connectivity index (χ2v) is 16.3. The molecule has 0 rings (SSSR count). The van der Waals surface area contributed by atoms with Crippen LogP contribution in [-0.4, -0.2) is 75.5 Å². The van der Waals surface area contributed by atoms with Crippen molar-refractivity contribution in [1.29, 1.82) is 0 Å². The molecule has 0 amide bonds. The van der Waals surface area contributed by atoms with Crippen LogP contribution in [0.4, 0.5) is 0 Å². The first-order valence-corrected chi connectivity index (χ1v) is 23.0. The van der Waals surface area contributed by atoms with E-state index < -0.39 is 18.1 Å². The number of carbonyl (C=O) groups is 3. The maximum absolute atomic E-state index is 12.7. The van der Waals surface area contributed by atoms with Gasteiger partial charge in [0.2, 0.25) is 0 Å². The van der Waals surface area contributed by atoms with Gasteiger partial charge in [0.1, 0.15) is 12.6 Å². The number of unbranched alkanes of at least 4 members (excludes halogenated alkanes) is 16. The van der Waals surface area contributed by atoms with E-state index in [0.717, 1.165) is 83.5 Å². The maximum atomic E-state index is 12.7. The molecule has 0 saturated carbocycles. The zero-order valence-corrected chi connectivity index (χ0v) is 37.7. The van der Waals surface area contributed by atoms with E-state index in [0.29, 0.717) is 12.8 Å². The molecule has 8 heteroatoms. The molecule has 0 N–H and O–H groups in total. The summed E-state index contributed by atoms with van der Waals surface area (Å²) in [5, 5.41) is 11.6. The lowest BCUT2D eigenvalue weighted by molar-refractivity contribution is -0.889. The molecule has 0 spiro atoms. The second kappa shape index (κ2) is 40.5. The Balaban J connectivity index is 4.28. The van der Waals surface area contributed by atoms with Crippen molar-refractivity contribution in [2.45, 2.75) is 187 Å². The van der Waals surface area contributed by atoms with Crippen LogP contribution in [0.25, 0.3) is 0 Å². The molecule has 0 aromatic heterocycles. The molecule has 0 aliphatic carbocycles. The number of hydrogen-bond acceptors (Lipinski definition) is 7. The molecule has 0 saturated heterocycles. The first-order valence-electron chi connectivity index (χ1n) is 23.0. The van der Waals surface area contributed by atoms with Crippen LogP contribution in [0.2, 0.25) is 0 Å². The molecule has 0 aliphatic heterocycles. The van der Waals surface area contributed by atoms with Crippen LogP contribution in [0.1, 0.15) is 174 Å². The Bertz CT molecular complexity index is 1180. The van der Waals surface area contributed by atoms with E-state index >= 15 is 0 Å². The summed E-state index contributed by atoms with van der Waals surface area (Å²) in [6, 6.07) is -0.733. The summed E-state index contributed by atoms with van der Waals surface area (Å²) in [5.41, 5.74) is 0. The number of aliphatic carboxylic acids is 1. The van der Waals surface area contributed by atoms with E-state index in [2.05, 4.69) is 74.6 Å². The van der Waals surface area contributed by atoms with E-state index in [1.54, 1.807) is 21.1 Å². The average molecular weight is 812 g/mol. The highest BCUT2D eigenvalue weighted by molar-refractivity contribution is 5.70. The first kappa shape index (κ1) is 54.8. The number of carboxylic acid groups (broad SMARTS) is 1. The van der Waals surface area contributed by atoms with E-state index in [9.17, 15) is 19.5 Å². The molecular weight excluding hydrogens is 727 g/mol. The number of likely N-dealkylation sites (N-methyl/N-ethyl adjacent to an activating group) is 1. The third kappa shape index (κ3) is 38.3. The van der Waals surface area contributed by atoms with Gasteiger partial charge in [0.05, 0.1) is 40.3 Å². The Morgan fingerprint density at radius 1 is 0.534 bits per heavy atom. The monoisotopic (exact) mass is 812 g/mol. The standard InChI is InChI=1S/C50H85NO7/c1-6-8-10-12-14-16-18-20-21-22-23-24-25-26-27-29-30-32-34-36-38-40-48(52)57-45-46(44-56-43-42-47(50(54)55)51(3,4)5)58-49(53)41-39-37-35-33-31-28-19-17-15-13-11-9-7-2/h8-11,13-17,19-21,46-47H,6-7,12,18,22-45H2,1-5H3/b10-8+,11-9+,15-13+,16-14+,19-17+,21-20+. The van der Waals surface area contributed by atoms with Crippen molar-refractivity contribution in [2.24, 2.45) is 0 Å². The van der Waals surface area contributed by atoms with Crippen LogP contribution in [0.3, 0.4) is 0 Å². The number of carboxylic acids is 1. The minimum absolute atomic E-state index is 0.0285. The third-order valence-corrected chi connectivity index (χ3v) is 9.90. The number of hydrogen-bond donors (Lipinski definition) is 0. The summed E-state index contributed by atoms with van der Waals surface area (Å²) in [5.74, 6) is -1.77. The molecule has 2 unspecified atom stereocenters. The normalized spacial score (nSPS) is 13.6. The topological polar surface area (TPSA) is 102 Å². The molecule has 58 heavy (non-hydrogen) atoms. The fourth-order valence-electron chi connectivity index (χ4n) is 6.38. The van der Waals surface area contributed by atoms with Crippen LogP contribution < -0.4 is 5.11 Å². The number of carbonyl (C=O) groups excluding carboxylic acids is 3. The lowest BCUT2D eigenvalue weighted by atomic mass is 10.0.